The molecule has 2 N–H and O–H groups in total. The highest BCUT2D eigenvalue weighted by Gasteiger charge is 2.21. The van der Waals surface area contributed by atoms with Crippen molar-refractivity contribution in [3.63, 3.8) is 0 Å². The van der Waals surface area contributed by atoms with Gasteiger partial charge < -0.3 is 10.2 Å². The SMILES string of the molecule is Cc1c(NS(=O)(=O)c2ccccc2)cccc1C(=O)NC1CCN(C)CC1. The summed E-state index contributed by atoms with van der Waals surface area (Å²) in [4.78, 5) is 15.1. The van der Waals surface area contributed by atoms with Crippen molar-refractivity contribution in [2.75, 3.05) is 24.9 Å². The summed E-state index contributed by atoms with van der Waals surface area (Å²) in [7, 11) is -1.62. The Morgan fingerprint density at radius 3 is 2.37 bits per heavy atom. The third kappa shape index (κ3) is 4.67. The van der Waals surface area contributed by atoms with E-state index in [9.17, 15) is 13.2 Å². The molecule has 0 spiro atoms. The maximum absolute atomic E-state index is 12.7. The highest BCUT2D eigenvalue weighted by molar-refractivity contribution is 7.92. The van der Waals surface area contributed by atoms with Crippen molar-refractivity contribution in [2.45, 2.75) is 30.7 Å². The molecule has 1 saturated heterocycles. The van der Waals surface area contributed by atoms with Crippen molar-refractivity contribution in [3.05, 3.63) is 59.7 Å². The molecule has 2 aromatic carbocycles. The number of benzene rings is 2. The van der Waals surface area contributed by atoms with Gasteiger partial charge in [-0.15, -0.1) is 0 Å². The lowest BCUT2D eigenvalue weighted by molar-refractivity contribution is 0.0916. The molecule has 1 amide bonds. The Kier molecular flexibility index (Phi) is 5.82. The maximum atomic E-state index is 12.7. The summed E-state index contributed by atoms with van der Waals surface area (Å²) in [5.41, 5.74) is 1.51. The average molecular weight is 388 g/mol. The summed E-state index contributed by atoms with van der Waals surface area (Å²) in [6.45, 7) is 3.67. The number of nitrogens with one attached hydrogen (secondary N) is 2. The van der Waals surface area contributed by atoms with E-state index in [2.05, 4.69) is 22.0 Å². The first-order valence-electron chi connectivity index (χ1n) is 9.04. The van der Waals surface area contributed by atoms with Crippen LogP contribution in [0, 0.1) is 6.92 Å². The maximum Gasteiger partial charge on any atom is 0.261 e. The van der Waals surface area contributed by atoms with Crippen LogP contribution in [0.2, 0.25) is 0 Å². The second-order valence-corrected chi connectivity index (χ2v) is 8.63. The molecule has 0 atom stereocenters. The van der Waals surface area contributed by atoms with Crippen LogP contribution in [-0.2, 0) is 10.0 Å². The summed E-state index contributed by atoms with van der Waals surface area (Å²) in [6, 6.07) is 13.4. The van der Waals surface area contributed by atoms with E-state index in [1.807, 2.05) is 0 Å². The fraction of sp³-hybridized carbons (Fsp3) is 0.350. The quantitative estimate of drug-likeness (QED) is 0.827. The summed E-state index contributed by atoms with van der Waals surface area (Å²) < 4.78 is 27.7. The molecule has 144 valence electrons. The molecule has 0 aliphatic carbocycles. The van der Waals surface area contributed by atoms with Gasteiger partial charge in [0.15, 0.2) is 0 Å². The number of hydrogen-bond acceptors (Lipinski definition) is 4. The second-order valence-electron chi connectivity index (χ2n) is 6.95. The molecule has 1 fully saturated rings. The van der Waals surface area contributed by atoms with E-state index in [0.717, 1.165) is 25.9 Å². The Balaban J connectivity index is 1.77. The van der Waals surface area contributed by atoms with Gasteiger partial charge >= 0.3 is 0 Å². The van der Waals surface area contributed by atoms with Crippen LogP contribution in [0.25, 0.3) is 0 Å². The molecular formula is C20H25N3O3S. The van der Waals surface area contributed by atoms with Gasteiger partial charge in [-0.1, -0.05) is 24.3 Å². The van der Waals surface area contributed by atoms with Crippen molar-refractivity contribution in [2.24, 2.45) is 0 Å². The molecule has 0 unspecified atom stereocenters. The molecule has 1 heterocycles. The molecule has 27 heavy (non-hydrogen) atoms. The Hall–Kier alpha value is -2.38. The van der Waals surface area contributed by atoms with Crippen LogP contribution in [0.15, 0.2) is 53.4 Å². The van der Waals surface area contributed by atoms with Gasteiger partial charge in [-0.2, -0.15) is 0 Å². The number of amides is 1. The van der Waals surface area contributed by atoms with E-state index in [1.54, 1.807) is 43.3 Å². The lowest BCUT2D eigenvalue weighted by Crippen LogP contribution is -2.43. The number of nitrogens with zero attached hydrogens (tertiary/aromatic N) is 1. The topological polar surface area (TPSA) is 78.5 Å². The molecule has 7 heteroatoms. The Morgan fingerprint density at radius 1 is 1.04 bits per heavy atom. The molecular weight excluding hydrogens is 362 g/mol. The highest BCUT2D eigenvalue weighted by atomic mass is 32.2. The van der Waals surface area contributed by atoms with Gasteiger partial charge in [-0.05, 0) is 69.7 Å². The Labute approximate surface area is 160 Å². The number of anilines is 1. The smallest absolute Gasteiger partial charge is 0.261 e. The van der Waals surface area contributed by atoms with Crippen LogP contribution in [-0.4, -0.2) is 45.4 Å². The van der Waals surface area contributed by atoms with Gasteiger partial charge in [-0.3, -0.25) is 9.52 Å². The van der Waals surface area contributed by atoms with Crippen molar-refractivity contribution < 1.29 is 13.2 Å². The van der Waals surface area contributed by atoms with Crippen molar-refractivity contribution in [1.29, 1.82) is 0 Å². The summed E-state index contributed by atoms with van der Waals surface area (Å²) >= 11 is 0. The molecule has 2 aromatic rings. The zero-order valence-corrected chi connectivity index (χ0v) is 16.4. The number of rotatable bonds is 5. The molecule has 1 aliphatic rings. The molecule has 3 rings (SSSR count). The van der Waals surface area contributed by atoms with Crippen LogP contribution in [0.4, 0.5) is 5.69 Å². The monoisotopic (exact) mass is 387 g/mol. The van der Waals surface area contributed by atoms with E-state index in [0.29, 0.717) is 16.8 Å². The van der Waals surface area contributed by atoms with Gasteiger partial charge in [-0.25, -0.2) is 8.42 Å². The Morgan fingerprint density at radius 2 is 1.70 bits per heavy atom. The highest BCUT2D eigenvalue weighted by Crippen LogP contribution is 2.23. The van der Waals surface area contributed by atoms with E-state index in [4.69, 9.17) is 0 Å². The van der Waals surface area contributed by atoms with Crippen molar-refractivity contribution in [3.8, 4) is 0 Å². The number of sulfonamides is 1. The zero-order chi connectivity index (χ0) is 19.4. The molecule has 0 aromatic heterocycles. The van der Waals surface area contributed by atoms with Crippen molar-refractivity contribution >= 4 is 21.6 Å². The largest absolute Gasteiger partial charge is 0.349 e. The molecule has 1 aliphatic heterocycles. The molecule has 0 radical (unpaired) electrons. The lowest BCUT2D eigenvalue weighted by Gasteiger charge is -2.29. The summed E-state index contributed by atoms with van der Waals surface area (Å²) in [5, 5.41) is 3.08. The minimum absolute atomic E-state index is 0.151. The predicted octanol–water partition coefficient (Wildman–Crippen LogP) is 2.62. The minimum Gasteiger partial charge on any atom is -0.349 e. The van der Waals surface area contributed by atoms with Crippen LogP contribution >= 0.6 is 0 Å². The van der Waals surface area contributed by atoms with Crippen LogP contribution in [0.1, 0.15) is 28.8 Å². The summed E-state index contributed by atoms with van der Waals surface area (Å²) in [5.74, 6) is -0.164. The molecule has 0 saturated carbocycles. The van der Waals surface area contributed by atoms with Crippen LogP contribution in [0.3, 0.4) is 0 Å². The fourth-order valence-corrected chi connectivity index (χ4v) is 4.36. The third-order valence-electron chi connectivity index (χ3n) is 4.93. The first-order chi connectivity index (χ1) is 12.9. The number of hydrogen-bond donors (Lipinski definition) is 2. The van der Waals surface area contributed by atoms with E-state index >= 15 is 0 Å². The minimum atomic E-state index is -3.70. The van der Waals surface area contributed by atoms with Crippen molar-refractivity contribution in [1.82, 2.24) is 10.2 Å². The number of carbonyl (C=O) groups excluding carboxylic acids is 1. The number of likely N-dealkylation sites (tertiary alicyclic amines) is 1. The zero-order valence-electron chi connectivity index (χ0n) is 15.6. The van der Waals surface area contributed by atoms with Gasteiger partial charge in [0.05, 0.1) is 10.6 Å². The van der Waals surface area contributed by atoms with Gasteiger partial charge in [0, 0.05) is 11.6 Å². The fourth-order valence-electron chi connectivity index (χ4n) is 3.21. The summed E-state index contributed by atoms with van der Waals surface area (Å²) in [6.07, 6.45) is 1.84. The van der Waals surface area contributed by atoms with Gasteiger partial charge in [0.2, 0.25) is 0 Å². The average Bonchev–Trinajstić information content (AvgIpc) is 2.66. The lowest BCUT2D eigenvalue weighted by atomic mass is 10.0. The van der Waals surface area contributed by atoms with E-state index < -0.39 is 10.0 Å². The number of piperidine rings is 1. The molecule has 0 bridgehead atoms. The predicted molar refractivity (Wildman–Crippen MR) is 106 cm³/mol. The van der Waals surface area contributed by atoms with E-state index in [-0.39, 0.29) is 16.8 Å². The molecule has 6 nitrogen and oxygen atoms in total. The normalized spacial score (nSPS) is 16.1. The van der Waals surface area contributed by atoms with Crippen LogP contribution in [0.5, 0.6) is 0 Å². The third-order valence-corrected chi connectivity index (χ3v) is 6.31. The second kappa shape index (κ2) is 8.10. The van der Waals surface area contributed by atoms with Crippen LogP contribution < -0.4 is 10.0 Å². The first kappa shape index (κ1) is 19.4. The van der Waals surface area contributed by atoms with Gasteiger partial charge in [0.1, 0.15) is 0 Å². The van der Waals surface area contributed by atoms with E-state index in [1.165, 1.54) is 12.1 Å². The van der Waals surface area contributed by atoms with Gasteiger partial charge in [0.25, 0.3) is 15.9 Å². The standard InChI is InChI=1S/C20H25N3O3S/c1-15-18(20(24)21-16-11-13-23(2)14-12-16)9-6-10-19(15)22-27(25,26)17-7-4-3-5-8-17/h3-10,16,22H,11-14H2,1-2H3,(H,21,24). The number of carbonyl (C=O) groups is 1. The first-order valence-corrected chi connectivity index (χ1v) is 10.5. The Bertz CT molecular complexity index is 905.